The number of carboxylic acid groups (broad SMARTS) is 1. The van der Waals surface area contributed by atoms with Crippen LogP contribution in [0.1, 0.15) is 44.0 Å². The van der Waals surface area contributed by atoms with E-state index in [1.54, 1.807) is 24.1 Å². The highest BCUT2D eigenvalue weighted by molar-refractivity contribution is 5.91. The highest BCUT2D eigenvalue weighted by Gasteiger charge is 2.28. The molecule has 0 unspecified atom stereocenters. The Bertz CT molecular complexity index is 676. The molecule has 1 aliphatic heterocycles. The van der Waals surface area contributed by atoms with Crippen molar-refractivity contribution in [3.05, 3.63) is 23.8 Å². The number of methoxy groups -OCH3 is 1. The van der Waals surface area contributed by atoms with E-state index in [-0.39, 0.29) is 23.5 Å². The van der Waals surface area contributed by atoms with Gasteiger partial charge in [0.15, 0.2) is 0 Å². The highest BCUT2D eigenvalue weighted by atomic mass is 16.6. The van der Waals surface area contributed by atoms with E-state index < -0.39 is 11.6 Å². The molecule has 1 amide bonds. The lowest BCUT2D eigenvalue weighted by Crippen LogP contribution is -2.44. The number of carbonyl (C=O) groups is 2. The standard InChI is InChI=1S/C20H29NO7/c1-20(2,3)28-19(24)21-9-7-14(8-10-21)27-17-13-15(26-12-11-25-4)5-6-16(17)18(22)23/h5-6,13-14H,7-12H2,1-4H3,(H,22,23). The minimum Gasteiger partial charge on any atom is -0.491 e. The maximum Gasteiger partial charge on any atom is 0.410 e. The predicted molar refractivity (Wildman–Crippen MR) is 102 cm³/mol. The van der Waals surface area contributed by atoms with Crippen LogP contribution in [-0.4, -0.2) is 67.2 Å². The Morgan fingerprint density at radius 2 is 1.86 bits per heavy atom. The van der Waals surface area contributed by atoms with Crippen molar-refractivity contribution in [2.24, 2.45) is 0 Å². The van der Waals surface area contributed by atoms with Crippen LogP contribution in [0, 0.1) is 0 Å². The summed E-state index contributed by atoms with van der Waals surface area (Å²) in [5.74, 6) is -0.286. The van der Waals surface area contributed by atoms with Crippen molar-refractivity contribution in [2.45, 2.75) is 45.3 Å². The fourth-order valence-electron chi connectivity index (χ4n) is 2.77. The highest BCUT2D eigenvalue weighted by Crippen LogP contribution is 2.28. The lowest BCUT2D eigenvalue weighted by Gasteiger charge is -2.33. The second-order valence-electron chi connectivity index (χ2n) is 7.59. The molecule has 1 aromatic rings. The van der Waals surface area contributed by atoms with Crippen LogP contribution in [0.5, 0.6) is 11.5 Å². The molecule has 0 aromatic heterocycles. The SMILES string of the molecule is COCCOc1ccc(C(=O)O)c(OC2CCN(C(=O)OC(C)(C)C)CC2)c1. The molecule has 1 aliphatic rings. The Hall–Kier alpha value is -2.48. The summed E-state index contributed by atoms with van der Waals surface area (Å²) in [4.78, 5) is 25.3. The van der Waals surface area contributed by atoms with Gasteiger partial charge in [0.25, 0.3) is 0 Å². The first-order valence-electron chi connectivity index (χ1n) is 9.33. The third-order valence-electron chi connectivity index (χ3n) is 4.13. The molecular weight excluding hydrogens is 366 g/mol. The summed E-state index contributed by atoms with van der Waals surface area (Å²) in [5.41, 5.74) is -0.460. The van der Waals surface area contributed by atoms with Crippen molar-refractivity contribution < 1.29 is 33.6 Å². The minimum atomic E-state index is -1.07. The first-order chi connectivity index (χ1) is 13.2. The van der Waals surface area contributed by atoms with E-state index >= 15 is 0 Å². The third-order valence-corrected chi connectivity index (χ3v) is 4.13. The molecule has 1 heterocycles. The Labute approximate surface area is 165 Å². The molecule has 0 bridgehead atoms. The summed E-state index contributed by atoms with van der Waals surface area (Å²) < 4.78 is 21.8. The molecule has 1 saturated heterocycles. The number of carbonyl (C=O) groups excluding carboxylic acids is 1. The fourth-order valence-corrected chi connectivity index (χ4v) is 2.77. The maximum atomic E-state index is 12.2. The van der Waals surface area contributed by atoms with Gasteiger partial charge >= 0.3 is 12.1 Å². The van der Waals surface area contributed by atoms with E-state index in [9.17, 15) is 14.7 Å². The Kier molecular flexibility index (Phi) is 7.51. The van der Waals surface area contributed by atoms with E-state index in [0.29, 0.717) is 44.9 Å². The monoisotopic (exact) mass is 395 g/mol. The second kappa shape index (κ2) is 9.64. The van der Waals surface area contributed by atoms with Crippen LogP contribution >= 0.6 is 0 Å². The molecule has 8 nitrogen and oxygen atoms in total. The van der Waals surface area contributed by atoms with Gasteiger partial charge in [0.05, 0.1) is 6.61 Å². The van der Waals surface area contributed by atoms with Gasteiger partial charge in [0.1, 0.15) is 35.4 Å². The van der Waals surface area contributed by atoms with Crippen LogP contribution in [0.15, 0.2) is 18.2 Å². The summed E-state index contributed by atoms with van der Waals surface area (Å²) in [6.07, 6.45) is 0.650. The second-order valence-corrected chi connectivity index (χ2v) is 7.59. The Balaban J connectivity index is 1.98. The van der Waals surface area contributed by atoms with Gasteiger partial charge in [0, 0.05) is 39.1 Å². The maximum absolute atomic E-state index is 12.2. The largest absolute Gasteiger partial charge is 0.491 e. The number of aromatic carboxylic acids is 1. The summed E-state index contributed by atoms with van der Waals surface area (Å²) in [6.45, 7) is 7.26. The number of ether oxygens (including phenoxy) is 4. The van der Waals surface area contributed by atoms with Crippen LogP contribution < -0.4 is 9.47 Å². The number of benzene rings is 1. The molecule has 8 heteroatoms. The Morgan fingerprint density at radius 3 is 2.43 bits per heavy atom. The van der Waals surface area contributed by atoms with Gasteiger partial charge in [-0.1, -0.05) is 0 Å². The average Bonchev–Trinajstić information content (AvgIpc) is 2.61. The van der Waals surface area contributed by atoms with Gasteiger partial charge in [-0.15, -0.1) is 0 Å². The molecule has 0 atom stereocenters. The Morgan fingerprint density at radius 1 is 1.18 bits per heavy atom. The lowest BCUT2D eigenvalue weighted by molar-refractivity contribution is 0.0126. The molecule has 0 radical (unpaired) electrons. The number of piperidine rings is 1. The first-order valence-corrected chi connectivity index (χ1v) is 9.33. The van der Waals surface area contributed by atoms with Gasteiger partial charge in [-0.3, -0.25) is 0 Å². The molecule has 1 fully saturated rings. The van der Waals surface area contributed by atoms with Crippen LogP contribution in [0.2, 0.25) is 0 Å². The van der Waals surface area contributed by atoms with Gasteiger partial charge in [-0.05, 0) is 32.9 Å². The number of likely N-dealkylation sites (tertiary alicyclic amines) is 1. The van der Waals surface area contributed by atoms with Crippen molar-refractivity contribution in [1.29, 1.82) is 0 Å². The van der Waals surface area contributed by atoms with Crippen molar-refractivity contribution in [1.82, 2.24) is 4.90 Å². The summed E-state index contributed by atoms with van der Waals surface area (Å²) >= 11 is 0. The first kappa shape index (κ1) is 21.8. The predicted octanol–water partition coefficient (Wildman–Crippen LogP) is 3.19. The van der Waals surface area contributed by atoms with E-state index in [1.807, 2.05) is 20.8 Å². The van der Waals surface area contributed by atoms with Gasteiger partial charge < -0.3 is 29.0 Å². The van der Waals surface area contributed by atoms with E-state index in [0.717, 1.165) is 0 Å². The van der Waals surface area contributed by atoms with Gasteiger partial charge in [-0.25, -0.2) is 9.59 Å². The summed E-state index contributed by atoms with van der Waals surface area (Å²) in [5, 5.41) is 9.41. The molecule has 1 aromatic carbocycles. The number of nitrogens with zero attached hydrogens (tertiary/aromatic N) is 1. The third kappa shape index (κ3) is 6.60. The minimum absolute atomic E-state index is 0.0775. The topological polar surface area (TPSA) is 94.5 Å². The van der Waals surface area contributed by atoms with Gasteiger partial charge in [-0.2, -0.15) is 0 Å². The smallest absolute Gasteiger partial charge is 0.410 e. The van der Waals surface area contributed by atoms with Crippen molar-refractivity contribution in [3.63, 3.8) is 0 Å². The molecule has 1 N–H and O–H groups in total. The zero-order valence-corrected chi connectivity index (χ0v) is 16.9. The van der Waals surface area contributed by atoms with E-state index in [1.165, 1.54) is 6.07 Å². The van der Waals surface area contributed by atoms with Crippen LogP contribution in [0.25, 0.3) is 0 Å². The van der Waals surface area contributed by atoms with E-state index in [4.69, 9.17) is 18.9 Å². The average molecular weight is 395 g/mol. The number of amides is 1. The molecule has 0 spiro atoms. The summed E-state index contributed by atoms with van der Waals surface area (Å²) in [7, 11) is 1.58. The normalized spacial score (nSPS) is 15.2. The van der Waals surface area contributed by atoms with E-state index in [2.05, 4.69) is 0 Å². The number of rotatable bonds is 7. The fraction of sp³-hybridized carbons (Fsp3) is 0.600. The van der Waals surface area contributed by atoms with Crippen molar-refractivity contribution in [2.75, 3.05) is 33.4 Å². The van der Waals surface area contributed by atoms with Crippen molar-refractivity contribution in [3.8, 4) is 11.5 Å². The molecule has 0 saturated carbocycles. The molecule has 28 heavy (non-hydrogen) atoms. The molecule has 156 valence electrons. The van der Waals surface area contributed by atoms with Gasteiger partial charge in [0.2, 0.25) is 0 Å². The van der Waals surface area contributed by atoms with Crippen LogP contribution in [0.3, 0.4) is 0 Å². The number of hydrogen-bond acceptors (Lipinski definition) is 6. The lowest BCUT2D eigenvalue weighted by atomic mass is 10.1. The van der Waals surface area contributed by atoms with Crippen molar-refractivity contribution >= 4 is 12.1 Å². The molecule has 0 aliphatic carbocycles. The zero-order valence-electron chi connectivity index (χ0n) is 16.9. The quantitative estimate of drug-likeness (QED) is 0.709. The number of hydrogen-bond donors (Lipinski definition) is 1. The molecular formula is C20H29NO7. The van der Waals surface area contributed by atoms with Crippen LogP contribution in [-0.2, 0) is 9.47 Å². The molecule has 2 rings (SSSR count). The van der Waals surface area contributed by atoms with Crippen LogP contribution in [0.4, 0.5) is 4.79 Å². The summed E-state index contributed by atoms with van der Waals surface area (Å²) in [6, 6.07) is 4.64. The number of carboxylic acids is 1. The zero-order chi connectivity index (χ0) is 20.7.